The third-order valence-corrected chi connectivity index (χ3v) is 3.03. The van der Waals surface area contributed by atoms with Crippen LogP contribution in [-0.2, 0) is 6.18 Å². The van der Waals surface area contributed by atoms with Gasteiger partial charge in [-0.2, -0.15) is 23.5 Å². The summed E-state index contributed by atoms with van der Waals surface area (Å²) in [5.41, 5.74) is -0.0979. The first-order valence-electron chi connectivity index (χ1n) is 5.92. The van der Waals surface area contributed by atoms with Gasteiger partial charge in [-0.25, -0.2) is 9.50 Å². The van der Waals surface area contributed by atoms with Crippen molar-refractivity contribution in [3.8, 4) is 17.3 Å². The highest BCUT2D eigenvalue weighted by Crippen LogP contribution is 2.36. The van der Waals surface area contributed by atoms with E-state index in [1.54, 1.807) is 0 Å². The van der Waals surface area contributed by atoms with Crippen molar-refractivity contribution < 1.29 is 13.2 Å². The lowest BCUT2D eigenvalue weighted by Gasteiger charge is -2.13. The van der Waals surface area contributed by atoms with Gasteiger partial charge in [-0.05, 0) is 12.1 Å². The zero-order chi connectivity index (χ0) is 15.0. The molecule has 2 heterocycles. The number of hydrogen-bond donors (Lipinski definition) is 0. The Hall–Kier alpha value is -2.88. The van der Waals surface area contributed by atoms with Crippen LogP contribution < -0.4 is 0 Å². The summed E-state index contributed by atoms with van der Waals surface area (Å²) in [4.78, 5) is 3.99. The van der Waals surface area contributed by atoms with Crippen LogP contribution in [0.25, 0.3) is 16.9 Å². The van der Waals surface area contributed by atoms with Crippen LogP contribution >= 0.6 is 0 Å². The van der Waals surface area contributed by atoms with Crippen molar-refractivity contribution in [3.63, 3.8) is 0 Å². The second kappa shape index (κ2) is 4.59. The molecule has 2 aromatic heterocycles. The van der Waals surface area contributed by atoms with Gasteiger partial charge in [-0.3, -0.25) is 0 Å². The van der Waals surface area contributed by atoms with E-state index in [4.69, 9.17) is 5.26 Å². The molecule has 0 fully saturated rings. The number of fused-ring (bicyclic) bond motifs is 1. The summed E-state index contributed by atoms with van der Waals surface area (Å²) in [6, 6.07) is 8.57. The molecule has 104 valence electrons. The van der Waals surface area contributed by atoms with E-state index >= 15 is 0 Å². The molecule has 0 saturated heterocycles. The molecule has 0 aliphatic heterocycles. The van der Waals surface area contributed by atoms with Crippen molar-refractivity contribution in [3.05, 3.63) is 53.9 Å². The van der Waals surface area contributed by atoms with E-state index in [1.807, 2.05) is 6.07 Å². The molecule has 1 aromatic carbocycles. The number of aromatic nitrogens is 3. The molecule has 0 amide bonds. The number of nitriles is 1. The zero-order valence-electron chi connectivity index (χ0n) is 10.5. The standard InChI is InChI=1S/C14H7F3N4/c15-14(16,17)11-4-2-1-3-10(11)12-5-6-19-13-9(7-18)8-20-21(12)13/h1-6,8H. The van der Waals surface area contributed by atoms with Gasteiger partial charge in [-0.15, -0.1) is 0 Å². The Bertz CT molecular complexity index is 859. The number of hydrogen-bond acceptors (Lipinski definition) is 3. The fraction of sp³-hybridized carbons (Fsp3) is 0.0714. The third kappa shape index (κ3) is 2.10. The maximum absolute atomic E-state index is 13.1. The minimum absolute atomic E-state index is 0.00927. The van der Waals surface area contributed by atoms with Crippen molar-refractivity contribution >= 4 is 5.65 Å². The predicted molar refractivity (Wildman–Crippen MR) is 68.1 cm³/mol. The van der Waals surface area contributed by atoms with E-state index in [0.717, 1.165) is 6.07 Å². The Morgan fingerprint density at radius 1 is 1.14 bits per heavy atom. The molecule has 3 aromatic rings. The lowest BCUT2D eigenvalue weighted by molar-refractivity contribution is -0.137. The average Bonchev–Trinajstić information content (AvgIpc) is 2.89. The highest BCUT2D eigenvalue weighted by atomic mass is 19.4. The lowest BCUT2D eigenvalue weighted by Crippen LogP contribution is -2.08. The van der Waals surface area contributed by atoms with Crippen LogP contribution in [-0.4, -0.2) is 14.6 Å². The highest BCUT2D eigenvalue weighted by Gasteiger charge is 2.34. The van der Waals surface area contributed by atoms with Gasteiger partial charge in [0.2, 0.25) is 0 Å². The quantitative estimate of drug-likeness (QED) is 0.690. The Balaban J connectivity index is 2.33. The van der Waals surface area contributed by atoms with Crippen molar-refractivity contribution in [2.24, 2.45) is 0 Å². The average molecular weight is 288 g/mol. The first kappa shape index (κ1) is 13.1. The molecule has 0 N–H and O–H groups in total. The van der Waals surface area contributed by atoms with Crippen LogP contribution in [0.1, 0.15) is 11.1 Å². The molecular weight excluding hydrogens is 281 g/mol. The molecule has 0 aliphatic carbocycles. The van der Waals surface area contributed by atoms with E-state index < -0.39 is 11.7 Å². The second-order valence-corrected chi connectivity index (χ2v) is 4.28. The van der Waals surface area contributed by atoms with Crippen LogP contribution in [0.5, 0.6) is 0 Å². The topological polar surface area (TPSA) is 54.0 Å². The fourth-order valence-electron chi connectivity index (χ4n) is 2.13. The van der Waals surface area contributed by atoms with Crippen LogP contribution in [0.3, 0.4) is 0 Å². The van der Waals surface area contributed by atoms with Crippen molar-refractivity contribution in [2.75, 3.05) is 0 Å². The molecule has 0 atom stereocenters. The van der Waals surface area contributed by atoms with Crippen LogP contribution in [0.4, 0.5) is 13.2 Å². The molecule has 0 bridgehead atoms. The highest BCUT2D eigenvalue weighted by molar-refractivity contribution is 5.68. The van der Waals surface area contributed by atoms with Gasteiger partial charge >= 0.3 is 6.18 Å². The third-order valence-electron chi connectivity index (χ3n) is 3.03. The molecule has 21 heavy (non-hydrogen) atoms. The molecule has 0 aliphatic rings. The summed E-state index contributed by atoms with van der Waals surface area (Å²) in [6.45, 7) is 0. The molecule has 0 unspecified atom stereocenters. The number of benzene rings is 1. The Morgan fingerprint density at radius 3 is 2.62 bits per heavy atom. The van der Waals surface area contributed by atoms with Gasteiger partial charge in [0.05, 0.1) is 17.5 Å². The minimum atomic E-state index is -4.47. The summed E-state index contributed by atoms with van der Waals surface area (Å²) in [7, 11) is 0. The van der Waals surface area contributed by atoms with E-state index in [1.165, 1.54) is 41.2 Å². The van der Waals surface area contributed by atoms with Crippen molar-refractivity contribution in [1.29, 1.82) is 5.26 Å². The van der Waals surface area contributed by atoms with Gasteiger partial charge in [-0.1, -0.05) is 18.2 Å². The van der Waals surface area contributed by atoms with E-state index in [0.29, 0.717) is 0 Å². The number of alkyl halides is 3. The van der Waals surface area contributed by atoms with Gasteiger partial charge in [0, 0.05) is 11.8 Å². The zero-order valence-corrected chi connectivity index (χ0v) is 10.5. The van der Waals surface area contributed by atoms with Crippen molar-refractivity contribution in [1.82, 2.24) is 14.6 Å². The maximum atomic E-state index is 13.1. The van der Waals surface area contributed by atoms with Crippen molar-refractivity contribution in [2.45, 2.75) is 6.18 Å². The Morgan fingerprint density at radius 2 is 1.90 bits per heavy atom. The SMILES string of the molecule is N#Cc1cnn2c(-c3ccccc3C(F)(F)F)ccnc12. The van der Waals surface area contributed by atoms with E-state index in [9.17, 15) is 13.2 Å². The first-order valence-corrected chi connectivity index (χ1v) is 5.92. The van der Waals surface area contributed by atoms with E-state index in [-0.39, 0.29) is 22.5 Å². The molecule has 7 heteroatoms. The van der Waals surface area contributed by atoms with Gasteiger partial charge < -0.3 is 0 Å². The summed E-state index contributed by atoms with van der Waals surface area (Å²) in [5, 5.41) is 12.9. The summed E-state index contributed by atoms with van der Waals surface area (Å²) in [5.74, 6) is 0. The summed E-state index contributed by atoms with van der Waals surface area (Å²) in [6.07, 6.45) is -1.83. The smallest absolute Gasteiger partial charge is 0.236 e. The van der Waals surface area contributed by atoms with Crippen LogP contribution in [0.15, 0.2) is 42.7 Å². The first-order chi connectivity index (χ1) is 10.0. The molecular formula is C14H7F3N4. The van der Waals surface area contributed by atoms with E-state index in [2.05, 4.69) is 10.1 Å². The predicted octanol–water partition coefficient (Wildman–Crippen LogP) is 3.29. The fourth-order valence-corrected chi connectivity index (χ4v) is 2.13. The Labute approximate surface area is 117 Å². The van der Waals surface area contributed by atoms with Gasteiger partial charge in [0.1, 0.15) is 11.6 Å². The lowest BCUT2D eigenvalue weighted by atomic mass is 10.0. The van der Waals surface area contributed by atoms with Gasteiger partial charge in [0.15, 0.2) is 5.65 Å². The molecule has 0 saturated carbocycles. The largest absolute Gasteiger partial charge is 0.417 e. The molecule has 3 rings (SSSR count). The summed E-state index contributed by atoms with van der Waals surface area (Å²) >= 11 is 0. The monoisotopic (exact) mass is 288 g/mol. The number of nitrogens with zero attached hydrogens (tertiary/aromatic N) is 4. The maximum Gasteiger partial charge on any atom is 0.417 e. The Kier molecular flexibility index (Phi) is 2.87. The van der Waals surface area contributed by atoms with Crippen LogP contribution in [0.2, 0.25) is 0 Å². The number of rotatable bonds is 1. The number of halogens is 3. The molecule has 0 radical (unpaired) electrons. The minimum Gasteiger partial charge on any atom is -0.236 e. The normalized spacial score (nSPS) is 11.5. The summed E-state index contributed by atoms with van der Waals surface area (Å²) < 4.78 is 40.6. The molecule has 4 nitrogen and oxygen atoms in total. The molecule has 0 spiro atoms. The van der Waals surface area contributed by atoms with Crippen LogP contribution in [0, 0.1) is 11.3 Å². The van der Waals surface area contributed by atoms with Gasteiger partial charge in [0.25, 0.3) is 0 Å². The second-order valence-electron chi connectivity index (χ2n) is 4.28.